The van der Waals surface area contributed by atoms with Gasteiger partial charge in [0.05, 0.1) is 13.2 Å². The fourth-order valence-electron chi connectivity index (χ4n) is 2.00. The second-order valence-corrected chi connectivity index (χ2v) is 4.26. The summed E-state index contributed by atoms with van der Waals surface area (Å²) in [5.74, 6) is 0.525. The van der Waals surface area contributed by atoms with Crippen LogP contribution < -0.4 is 10.5 Å². The first kappa shape index (κ1) is 12.6. The van der Waals surface area contributed by atoms with E-state index in [1.165, 1.54) is 12.1 Å². The van der Waals surface area contributed by atoms with Crippen LogP contribution in [0.4, 0.5) is 4.39 Å². The molecule has 18 heavy (non-hydrogen) atoms. The van der Waals surface area contributed by atoms with Crippen LogP contribution >= 0.6 is 0 Å². The molecule has 0 spiro atoms. The molecule has 0 radical (unpaired) electrons. The maximum Gasteiger partial charge on any atom is 0.123 e. The van der Waals surface area contributed by atoms with Gasteiger partial charge in [0.1, 0.15) is 11.6 Å². The lowest BCUT2D eigenvalue weighted by molar-refractivity contribution is 0.414. The van der Waals surface area contributed by atoms with Crippen molar-refractivity contribution < 1.29 is 9.13 Å². The molecule has 0 aliphatic rings. The summed E-state index contributed by atoms with van der Waals surface area (Å²) in [4.78, 5) is 0. The van der Waals surface area contributed by atoms with E-state index in [4.69, 9.17) is 10.5 Å². The van der Waals surface area contributed by atoms with Crippen molar-refractivity contribution in [1.29, 1.82) is 0 Å². The predicted octanol–water partition coefficient (Wildman–Crippen LogP) is 3.19. The first-order valence-corrected chi connectivity index (χ1v) is 5.77. The first-order chi connectivity index (χ1) is 8.61. The number of halogens is 1. The number of benzene rings is 2. The quantitative estimate of drug-likeness (QED) is 0.901. The number of aryl methyl sites for hydroxylation is 1. The predicted molar refractivity (Wildman–Crippen MR) is 70.2 cm³/mol. The minimum absolute atomic E-state index is 0.242. The molecule has 0 aliphatic carbocycles. The van der Waals surface area contributed by atoms with Crippen molar-refractivity contribution in [2.75, 3.05) is 7.11 Å². The zero-order chi connectivity index (χ0) is 13.1. The van der Waals surface area contributed by atoms with E-state index in [0.717, 1.165) is 22.4 Å². The summed E-state index contributed by atoms with van der Waals surface area (Å²) in [6, 6.07) is 12.0. The van der Waals surface area contributed by atoms with Gasteiger partial charge in [-0.1, -0.05) is 18.2 Å². The fourth-order valence-corrected chi connectivity index (χ4v) is 2.00. The maximum atomic E-state index is 13.1. The zero-order valence-electron chi connectivity index (χ0n) is 10.5. The summed E-state index contributed by atoms with van der Waals surface area (Å²) < 4.78 is 18.2. The van der Waals surface area contributed by atoms with Gasteiger partial charge in [0, 0.05) is 0 Å². The third-order valence-electron chi connectivity index (χ3n) is 3.02. The van der Waals surface area contributed by atoms with Gasteiger partial charge in [-0.25, -0.2) is 4.39 Å². The van der Waals surface area contributed by atoms with Crippen LogP contribution in [0.2, 0.25) is 0 Å². The minimum Gasteiger partial charge on any atom is -0.497 e. The van der Waals surface area contributed by atoms with Crippen LogP contribution in [0.15, 0.2) is 42.5 Å². The summed E-state index contributed by atoms with van der Waals surface area (Å²) in [6.45, 7) is 1.86. The Kier molecular flexibility index (Phi) is 3.63. The van der Waals surface area contributed by atoms with Crippen LogP contribution in [-0.2, 0) is 0 Å². The topological polar surface area (TPSA) is 35.2 Å². The van der Waals surface area contributed by atoms with Crippen molar-refractivity contribution in [2.24, 2.45) is 5.73 Å². The molecule has 2 nitrogen and oxygen atoms in total. The highest BCUT2D eigenvalue weighted by Gasteiger charge is 2.12. The lowest BCUT2D eigenvalue weighted by Crippen LogP contribution is -2.13. The number of rotatable bonds is 3. The lowest BCUT2D eigenvalue weighted by Gasteiger charge is -2.16. The first-order valence-electron chi connectivity index (χ1n) is 5.77. The molecule has 0 heterocycles. The molecule has 0 saturated carbocycles. The molecule has 1 atom stereocenters. The van der Waals surface area contributed by atoms with Gasteiger partial charge in [-0.2, -0.15) is 0 Å². The molecular weight excluding hydrogens is 229 g/mol. The van der Waals surface area contributed by atoms with Crippen molar-refractivity contribution in [1.82, 2.24) is 0 Å². The number of nitrogens with two attached hydrogens (primary N) is 1. The summed E-state index contributed by atoms with van der Waals surface area (Å²) in [7, 11) is 1.62. The Bertz CT molecular complexity index is 554. The summed E-state index contributed by atoms with van der Waals surface area (Å²) in [5.41, 5.74) is 8.93. The van der Waals surface area contributed by atoms with E-state index in [-0.39, 0.29) is 11.9 Å². The molecule has 1 unspecified atom stereocenters. The van der Waals surface area contributed by atoms with Crippen LogP contribution in [0.1, 0.15) is 22.7 Å². The number of methoxy groups -OCH3 is 1. The number of ether oxygens (including phenoxy) is 1. The van der Waals surface area contributed by atoms with Gasteiger partial charge in [-0.05, 0) is 47.9 Å². The van der Waals surface area contributed by atoms with Crippen LogP contribution in [0.3, 0.4) is 0 Å². The fraction of sp³-hybridized carbons (Fsp3) is 0.200. The minimum atomic E-state index is -0.277. The highest BCUT2D eigenvalue weighted by molar-refractivity contribution is 5.39. The molecule has 0 aromatic heterocycles. The lowest BCUT2D eigenvalue weighted by atomic mass is 9.95. The average molecular weight is 245 g/mol. The van der Waals surface area contributed by atoms with Gasteiger partial charge in [0.15, 0.2) is 0 Å². The molecule has 2 aromatic rings. The summed E-state index contributed by atoms with van der Waals surface area (Å²) in [5, 5.41) is 0. The second-order valence-electron chi connectivity index (χ2n) is 4.26. The highest BCUT2D eigenvalue weighted by atomic mass is 19.1. The summed E-state index contributed by atoms with van der Waals surface area (Å²) >= 11 is 0. The van der Waals surface area contributed by atoms with Crippen molar-refractivity contribution in [3.8, 4) is 5.75 Å². The second kappa shape index (κ2) is 5.19. The van der Waals surface area contributed by atoms with E-state index in [1.54, 1.807) is 13.2 Å². The van der Waals surface area contributed by atoms with E-state index in [0.29, 0.717) is 0 Å². The Balaban J connectivity index is 2.37. The Labute approximate surface area is 106 Å². The van der Waals surface area contributed by atoms with Crippen molar-refractivity contribution in [3.63, 3.8) is 0 Å². The molecule has 0 fully saturated rings. The molecule has 0 bridgehead atoms. The smallest absolute Gasteiger partial charge is 0.123 e. The third-order valence-corrected chi connectivity index (χ3v) is 3.02. The van der Waals surface area contributed by atoms with Gasteiger partial charge in [0.25, 0.3) is 0 Å². The van der Waals surface area contributed by atoms with E-state index in [2.05, 4.69) is 0 Å². The standard InChI is InChI=1S/C15H16FNO/c1-10-8-12(16)6-7-14(10)15(17)11-4-3-5-13(9-11)18-2/h3-9,15H,17H2,1-2H3. The summed E-state index contributed by atoms with van der Waals surface area (Å²) in [6.07, 6.45) is 0. The van der Waals surface area contributed by atoms with E-state index in [9.17, 15) is 4.39 Å². The van der Waals surface area contributed by atoms with E-state index >= 15 is 0 Å². The largest absolute Gasteiger partial charge is 0.497 e. The molecule has 0 aliphatic heterocycles. The molecule has 94 valence electrons. The third kappa shape index (κ3) is 2.51. The molecule has 2 aromatic carbocycles. The van der Waals surface area contributed by atoms with Crippen LogP contribution in [0, 0.1) is 12.7 Å². The normalized spacial score (nSPS) is 12.2. The maximum absolute atomic E-state index is 13.1. The highest BCUT2D eigenvalue weighted by Crippen LogP contribution is 2.25. The molecule has 0 saturated heterocycles. The Hall–Kier alpha value is -1.87. The van der Waals surface area contributed by atoms with Gasteiger partial charge in [-0.3, -0.25) is 0 Å². The van der Waals surface area contributed by atoms with E-state index in [1.807, 2.05) is 31.2 Å². The average Bonchev–Trinajstić information content (AvgIpc) is 2.38. The van der Waals surface area contributed by atoms with Crippen LogP contribution in [0.25, 0.3) is 0 Å². The Morgan fingerprint density at radius 2 is 1.94 bits per heavy atom. The van der Waals surface area contributed by atoms with Crippen LogP contribution in [-0.4, -0.2) is 7.11 Å². The van der Waals surface area contributed by atoms with Gasteiger partial charge < -0.3 is 10.5 Å². The van der Waals surface area contributed by atoms with Gasteiger partial charge >= 0.3 is 0 Å². The SMILES string of the molecule is COc1cccc(C(N)c2ccc(F)cc2C)c1. The molecule has 0 amide bonds. The Morgan fingerprint density at radius 1 is 1.17 bits per heavy atom. The van der Waals surface area contributed by atoms with Crippen LogP contribution in [0.5, 0.6) is 5.75 Å². The van der Waals surface area contributed by atoms with E-state index < -0.39 is 0 Å². The number of hydrogen-bond donors (Lipinski definition) is 1. The molecule has 2 rings (SSSR count). The monoisotopic (exact) mass is 245 g/mol. The van der Waals surface area contributed by atoms with Gasteiger partial charge in [-0.15, -0.1) is 0 Å². The Morgan fingerprint density at radius 3 is 2.61 bits per heavy atom. The van der Waals surface area contributed by atoms with Crippen molar-refractivity contribution in [3.05, 3.63) is 65.0 Å². The molecular formula is C15H16FNO. The zero-order valence-corrected chi connectivity index (χ0v) is 10.5. The molecule has 2 N–H and O–H groups in total. The van der Waals surface area contributed by atoms with Crippen molar-refractivity contribution in [2.45, 2.75) is 13.0 Å². The molecule has 3 heteroatoms. The van der Waals surface area contributed by atoms with Gasteiger partial charge in [0.2, 0.25) is 0 Å². The number of hydrogen-bond acceptors (Lipinski definition) is 2. The van der Waals surface area contributed by atoms with Crippen molar-refractivity contribution >= 4 is 0 Å².